The molecular formula is C15H13F3N2O. The summed E-state index contributed by atoms with van der Waals surface area (Å²) in [6.45, 7) is 0.135. The molecule has 0 saturated heterocycles. The van der Waals surface area contributed by atoms with Crippen molar-refractivity contribution in [1.29, 1.82) is 0 Å². The van der Waals surface area contributed by atoms with Crippen molar-refractivity contribution >= 4 is 11.6 Å². The van der Waals surface area contributed by atoms with Gasteiger partial charge in [0.15, 0.2) is 0 Å². The van der Waals surface area contributed by atoms with E-state index in [4.69, 9.17) is 0 Å². The van der Waals surface area contributed by atoms with E-state index in [1.807, 2.05) is 0 Å². The van der Waals surface area contributed by atoms with Gasteiger partial charge in [-0.25, -0.2) is 13.2 Å². The second kappa shape index (κ2) is 6.30. The predicted octanol–water partition coefficient (Wildman–Crippen LogP) is 3.08. The van der Waals surface area contributed by atoms with Gasteiger partial charge in [-0.15, -0.1) is 0 Å². The van der Waals surface area contributed by atoms with Gasteiger partial charge in [-0.3, -0.25) is 4.79 Å². The Morgan fingerprint density at radius 1 is 1.05 bits per heavy atom. The summed E-state index contributed by atoms with van der Waals surface area (Å²) in [5.74, 6) is -2.68. The van der Waals surface area contributed by atoms with Crippen molar-refractivity contribution in [1.82, 2.24) is 5.32 Å². The molecule has 1 amide bonds. The second-order valence-corrected chi connectivity index (χ2v) is 4.37. The predicted molar refractivity (Wildman–Crippen MR) is 73.5 cm³/mol. The zero-order chi connectivity index (χ0) is 15.4. The Morgan fingerprint density at radius 3 is 2.14 bits per heavy atom. The summed E-state index contributed by atoms with van der Waals surface area (Å²) in [5.41, 5.74) is 0.272. The summed E-state index contributed by atoms with van der Waals surface area (Å²) in [6, 6.07) is 7.47. The molecule has 0 aliphatic carbocycles. The van der Waals surface area contributed by atoms with Gasteiger partial charge in [-0.2, -0.15) is 0 Å². The van der Waals surface area contributed by atoms with Crippen LogP contribution in [0.15, 0.2) is 36.4 Å². The number of amides is 1. The van der Waals surface area contributed by atoms with Crippen molar-refractivity contribution in [3.63, 3.8) is 0 Å². The van der Waals surface area contributed by atoms with Crippen LogP contribution in [0.4, 0.5) is 18.9 Å². The molecule has 110 valence electrons. The maximum absolute atomic E-state index is 13.6. The van der Waals surface area contributed by atoms with Crippen LogP contribution in [0.1, 0.15) is 15.9 Å². The maximum atomic E-state index is 13.6. The lowest BCUT2D eigenvalue weighted by Crippen LogP contribution is -2.23. The molecule has 0 aliphatic rings. The Morgan fingerprint density at radius 2 is 1.62 bits per heavy atom. The van der Waals surface area contributed by atoms with Crippen LogP contribution in [-0.4, -0.2) is 13.0 Å². The quantitative estimate of drug-likeness (QED) is 0.910. The summed E-state index contributed by atoms with van der Waals surface area (Å²) in [6.07, 6.45) is 0. The van der Waals surface area contributed by atoms with E-state index in [1.54, 1.807) is 0 Å². The van der Waals surface area contributed by atoms with E-state index in [0.717, 1.165) is 12.1 Å². The van der Waals surface area contributed by atoms with Gasteiger partial charge in [0.05, 0.1) is 0 Å². The highest BCUT2D eigenvalue weighted by atomic mass is 19.1. The van der Waals surface area contributed by atoms with Crippen molar-refractivity contribution < 1.29 is 18.0 Å². The molecule has 0 unspecified atom stereocenters. The number of carbonyl (C=O) groups is 1. The summed E-state index contributed by atoms with van der Waals surface area (Å²) >= 11 is 0. The zero-order valence-corrected chi connectivity index (χ0v) is 11.2. The molecule has 0 atom stereocenters. The van der Waals surface area contributed by atoms with Gasteiger partial charge in [0.2, 0.25) is 0 Å². The van der Waals surface area contributed by atoms with Crippen LogP contribution < -0.4 is 10.6 Å². The molecule has 2 N–H and O–H groups in total. The van der Waals surface area contributed by atoms with Crippen LogP contribution in [0, 0.1) is 17.5 Å². The highest BCUT2D eigenvalue weighted by Crippen LogP contribution is 2.20. The van der Waals surface area contributed by atoms with Crippen LogP contribution in [0.25, 0.3) is 0 Å². The lowest BCUT2D eigenvalue weighted by Gasteiger charge is -2.08. The number of hydrogen-bond donors (Lipinski definition) is 2. The van der Waals surface area contributed by atoms with Crippen molar-refractivity contribution in [2.75, 3.05) is 12.4 Å². The number of halogens is 3. The van der Waals surface area contributed by atoms with E-state index >= 15 is 0 Å². The minimum Gasteiger partial charge on any atom is -0.383 e. The first kappa shape index (κ1) is 14.9. The van der Waals surface area contributed by atoms with Gasteiger partial charge in [0, 0.05) is 19.2 Å². The minimum absolute atomic E-state index is 0.119. The first-order valence-electron chi connectivity index (χ1n) is 6.20. The van der Waals surface area contributed by atoms with Gasteiger partial charge >= 0.3 is 0 Å². The molecule has 2 aromatic carbocycles. The first-order chi connectivity index (χ1) is 10.0. The molecule has 0 saturated carbocycles. The zero-order valence-electron chi connectivity index (χ0n) is 11.2. The van der Waals surface area contributed by atoms with Crippen molar-refractivity contribution in [3.8, 4) is 0 Å². The van der Waals surface area contributed by atoms with E-state index in [-0.39, 0.29) is 23.6 Å². The molecule has 0 aromatic heterocycles. The molecule has 3 nitrogen and oxygen atoms in total. The smallest absolute Gasteiger partial charge is 0.251 e. The number of hydrogen-bond acceptors (Lipinski definition) is 2. The fourth-order valence-electron chi connectivity index (χ4n) is 1.83. The minimum atomic E-state index is -0.843. The van der Waals surface area contributed by atoms with Crippen LogP contribution in [-0.2, 0) is 6.54 Å². The standard InChI is InChI=1S/C15H13F3N2O/c1-19-14-12(17)6-10(7-13(14)18)15(21)20-8-9-2-4-11(16)5-3-9/h2-7,19H,8H2,1H3,(H,20,21). The van der Waals surface area contributed by atoms with Gasteiger partial charge < -0.3 is 10.6 Å². The third kappa shape index (κ3) is 3.53. The normalized spacial score (nSPS) is 10.3. The average Bonchev–Trinajstić information content (AvgIpc) is 2.46. The fraction of sp³-hybridized carbons (Fsp3) is 0.133. The SMILES string of the molecule is CNc1c(F)cc(C(=O)NCc2ccc(F)cc2)cc1F. The number of rotatable bonds is 4. The third-order valence-electron chi connectivity index (χ3n) is 2.92. The Labute approximate surface area is 119 Å². The Hall–Kier alpha value is -2.50. The fourth-order valence-corrected chi connectivity index (χ4v) is 1.83. The molecule has 0 bridgehead atoms. The van der Waals surface area contributed by atoms with Crippen LogP contribution >= 0.6 is 0 Å². The molecule has 0 fully saturated rings. The van der Waals surface area contributed by atoms with Gasteiger partial charge in [-0.05, 0) is 29.8 Å². The Balaban J connectivity index is 2.08. The molecule has 0 spiro atoms. The third-order valence-corrected chi connectivity index (χ3v) is 2.92. The summed E-state index contributed by atoms with van der Waals surface area (Å²) in [7, 11) is 1.38. The topological polar surface area (TPSA) is 41.1 Å². The molecule has 0 heterocycles. The second-order valence-electron chi connectivity index (χ2n) is 4.37. The van der Waals surface area contributed by atoms with E-state index in [0.29, 0.717) is 5.56 Å². The van der Waals surface area contributed by atoms with E-state index in [9.17, 15) is 18.0 Å². The van der Waals surface area contributed by atoms with E-state index in [1.165, 1.54) is 31.3 Å². The molecule has 0 aliphatic heterocycles. The Kier molecular flexibility index (Phi) is 4.47. The van der Waals surface area contributed by atoms with Crippen LogP contribution in [0.5, 0.6) is 0 Å². The first-order valence-corrected chi connectivity index (χ1v) is 6.20. The molecule has 6 heteroatoms. The van der Waals surface area contributed by atoms with Crippen LogP contribution in [0.2, 0.25) is 0 Å². The van der Waals surface area contributed by atoms with Crippen molar-refractivity contribution in [2.24, 2.45) is 0 Å². The number of nitrogens with one attached hydrogen (secondary N) is 2. The van der Waals surface area contributed by atoms with Crippen molar-refractivity contribution in [2.45, 2.75) is 6.54 Å². The maximum Gasteiger partial charge on any atom is 0.251 e. The monoisotopic (exact) mass is 294 g/mol. The number of anilines is 1. The van der Waals surface area contributed by atoms with Gasteiger partial charge in [0.25, 0.3) is 5.91 Å². The number of carbonyl (C=O) groups excluding carboxylic acids is 1. The summed E-state index contributed by atoms with van der Waals surface area (Å²) in [4.78, 5) is 11.9. The lowest BCUT2D eigenvalue weighted by molar-refractivity contribution is 0.0950. The van der Waals surface area contributed by atoms with Gasteiger partial charge in [0.1, 0.15) is 23.1 Å². The van der Waals surface area contributed by atoms with E-state index < -0.39 is 17.5 Å². The molecule has 21 heavy (non-hydrogen) atoms. The highest BCUT2D eigenvalue weighted by Gasteiger charge is 2.14. The summed E-state index contributed by atoms with van der Waals surface area (Å²) < 4.78 is 39.8. The van der Waals surface area contributed by atoms with E-state index in [2.05, 4.69) is 10.6 Å². The van der Waals surface area contributed by atoms with Gasteiger partial charge in [-0.1, -0.05) is 12.1 Å². The molecule has 2 rings (SSSR count). The average molecular weight is 294 g/mol. The number of benzene rings is 2. The largest absolute Gasteiger partial charge is 0.383 e. The highest BCUT2D eigenvalue weighted by molar-refractivity contribution is 5.94. The van der Waals surface area contributed by atoms with Crippen molar-refractivity contribution in [3.05, 3.63) is 65.0 Å². The molecular weight excluding hydrogens is 281 g/mol. The molecule has 2 aromatic rings. The van der Waals surface area contributed by atoms with Crippen LogP contribution in [0.3, 0.4) is 0 Å². The summed E-state index contributed by atoms with van der Waals surface area (Å²) in [5, 5.41) is 4.89. The molecule has 0 radical (unpaired) electrons. The Bertz CT molecular complexity index is 633. The lowest BCUT2D eigenvalue weighted by atomic mass is 10.1.